The Morgan fingerprint density at radius 3 is 2.28 bits per heavy atom. The average molecular weight is 251 g/mol. The van der Waals surface area contributed by atoms with E-state index in [1.807, 2.05) is 12.2 Å². The van der Waals surface area contributed by atoms with E-state index in [4.69, 9.17) is 5.11 Å². The van der Waals surface area contributed by atoms with Gasteiger partial charge in [-0.05, 0) is 26.2 Å². The van der Waals surface area contributed by atoms with Crippen LogP contribution in [0.2, 0.25) is 0 Å². The number of hydrogen-bond donors (Lipinski definition) is 1. The van der Waals surface area contributed by atoms with Gasteiger partial charge in [-0.1, -0.05) is 12.2 Å². The topological polar surface area (TPSA) is 74.7 Å². The van der Waals surface area contributed by atoms with Gasteiger partial charge in [0.05, 0.1) is 11.8 Å². The Balaban J connectivity index is 2.07. The number of carboxylic acids is 1. The van der Waals surface area contributed by atoms with Gasteiger partial charge in [-0.3, -0.25) is 19.3 Å². The molecule has 0 spiro atoms. The molecule has 2 aliphatic rings. The third-order valence-electron chi connectivity index (χ3n) is 3.76. The van der Waals surface area contributed by atoms with Crippen molar-refractivity contribution in [3.8, 4) is 0 Å². The van der Waals surface area contributed by atoms with Gasteiger partial charge in [-0.25, -0.2) is 0 Å². The number of likely N-dealkylation sites (tertiary alicyclic amines) is 1. The third kappa shape index (κ3) is 2.17. The summed E-state index contributed by atoms with van der Waals surface area (Å²) in [5.41, 5.74) is 0. The Labute approximate surface area is 105 Å². The number of aliphatic carboxylic acids is 1. The molecule has 2 rings (SSSR count). The minimum atomic E-state index is -0.903. The summed E-state index contributed by atoms with van der Waals surface area (Å²) in [6, 6.07) is -0.327. The SMILES string of the molecule is CC(CCC(=O)O)N1C(=O)C2CC=CCC2C1=O. The normalized spacial score (nSPS) is 28.4. The first-order chi connectivity index (χ1) is 8.52. The Bertz CT molecular complexity index is 389. The number of rotatable bonds is 4. The zero-order chi connectivity index (χ0) is 13.3. The first-order valence-corrected chi connectivity index (χ1v) is 6.26. The largest absolute Gasteiger partial charge is 0.481 e. The number of fused-ring (bicyclic) bond motifs is 1. The maximum absolute atomic E-state index is 12.2. The molecule has 98 valence electrons. The number of nitrogens with zero attached hydrogens (tertiary/aromatic N) is 1. The molecule has 1 heterocycles. The van der Waals surface area contributed by atoms with Crippen LogP contribution in [0.15, 0.2) is 12.2 Å². The quantitative estimate of drug-likeness (QED) is 0.601. The zero-order valence-electron chi connectivity index (χ0n) is 10.3. The zero-order valence-corrected chi connectivity index (χ0v) is 10.3. The van der Waals surface area contributed by atoms with Crippen molar-refractivity contribution in [1.82, 2.24) is 4.90 Å². The van der Waals surface area contributed by atoms with Gasteiger partial charge in [-0.15, -0.1) is 0 Å². The van der Waals surface area contributed by atoms with Crippen molar-refractivity contribution in [3.05, 3.63) is 12.2 Å². The van der Waals surface area contributed by atoms with Crippen molar-refractivity contribution in [2.75, 3.05) is 0 Å². The van der Waals surface area contributed by atoms with E-state index in [0.29, 0.717) is 19.3 Å². The van der Waals surface area contributed by atoms with Crippen LogP contribution in [-0.2, 0) is 14.4 Å². The number of allylic oxidation sites excluding steroid dienone is 2. The number of amides is 2. The van der Waals surface area contributed by atoms with Crippen LogP contribution in [0.3, 0.4) is 0 Å². The summed E-state index contributed by atoms with van der Waals surface area (Å²) >= 11 is 0. The molecule has 1 fully saturated rings. The highest BCUT2D eigenvalue weighted by Gasteiger charge is 2.48. The van der Waals surface area contributed by atoms with Crippen molar-refractivity contribution in [1.29, 1.82) is 0 Å². The molecule has 0 bridgehead atoms. The van der Waals surface area contributed by atoms with Crippen LogP contribution in [0.1, 0.15) is 32.6 Å². The predicted molar refractivity (Wildman–Crippen MR) is 63.5 cm³/mol. The van der Waals surface area contributed by atoms with Crippen molar-refractivity contribution in [2.45, 2.75) is 38.6 Å². The van der Waals surface area contributed by atoms with Crippen LogP contribution < -0.4 is 0 Å². The van der Waals surface area contributed by atoms with E-state index in [2.05, 4.69) is 0 Å². The highest BCUT2D eigenvalue weighted by molar-refractivity contribution is 6.05. The molecule has 3 atom stereocenters. The Hall–Kier alpha value is -1.65. The van der Waals surface area contributed by atoms with Gasteiger partial charge in [-0.2, -0.15) is 0 Å². The van der Waals surface area contributed by atoms with E-state index in [-0.39, 0.29) is 36.1 Å². The Morgan fingerprint density at radius 1 is 1.33 bits per heavy atom. The van der Waals surface area contributed by atoms with Crippen LogP contribution in [0.4, 0.5) is 0 Å². The van der Waals surface area contributed by atoms with Gasteiger partial charge in [0.2, 0.25) is 11.8 Å². The van der Waals surface area contributed by atoms with Crippen LogP contribution in [0.25, 0.3) is 0 Å². The number of carboxylic acid groups (broad SMARTS) is 1. The van der Waals surface area contributed by atoms with E-state index in [1.54, 1.807) is 6.92 Å². The van der Waals surface area contributed by atoms with Gasteiger partial charge in [0.15, 0.2) is 0 Å². The monoisotopic (exact) mass is 251 g/mol. The lowest BCUT2D eigenvalue weighted by molar-refractivity contribution is -0.144. The molecule has 0 radical (unpaired) electrons. The van der Waals surface area contributed by atoms with Crippen molar-refractivity contribution >= 4 is 17.8 Å². The minimum Gasteiger partial charge on any atom is -0.481 e. The lowest BCUT2D eigenvalue weighted by Crippen LogP contribution is -2.39. The molecule has 0 saturated carbocycles. The maximum Gasteiger partial charge on any atom is 0.303 e. The highest BCUT2D eigenvalue weighted by Crippen LogP contribution is 2.36. The van der Waals surface area contributed by atoms with E-state index in [1.165, 1.54) is 4.90 Å². The molecule has 1 aliphatic carbocycles. The van der Waals surface area contributed by atoms with Crippen LogP contribution in [0, 0.1) is 11.8 Å². The summed E-state index contributed by atoms with van der Waals surface area (Å²) in [4.78, 5) is 36.1. The summed E-state index contributed by atoms with van der Waals surface area (Å²) < 4.78 is 0. The Morgan fingerprint density at radius 2 is 1.83 bits per heavy atom. The molecule has 3 unspecified atom stereocenters. The molecule has 18 heavy (non-hydrogen) atoms. The molecule has 1 saturated heterocycles. The molecule has 0 aromatic carbocycles. The van der Waals surface area contributed by atoms with Gasteiger partial charge >= 0.3 is 5.97 Å². The number of imide groups is 1. The van der Waals surface area contributed by atoms with E-state index in [0.717, 1.165) is 0 Å². The summed E-state index contributed by atoms with van der Waals surface area (Å²) in [6.07, 6.45) is 5.43. The molecule has 1 aliphatic heterocycles. The summed E-state index contributed by atoms with van der Waals surface area (Å²) in [5.74, 6) is -1.62. The first kappa shape index (κ1) is 12.8. The van der Waals surface area contributed by atoms with Crippen LogP contribution in [-0.4, -0.2) is 33.8 Å². The highest BCUT2D eigenvalue weighted by atomic mass is 16.4. The average Bonchev–Trinajstić information content (AvgIpc) is 2.60. The minimum absolute atomic E-state index is 0.0220. The summed E-state index contributed by atoms with van der Waals surface area (Å²) in [5, 5.41) is 8.64. The van der Waals surface area contributed by atoms with Crippen molar-refractivity contribution < 1.29 is 19.5 Å². The smallest absolute Gasteiger partial charge is 0.303 e. The fraction of sp³-hybridized carbons (Fsp3) is 0.615. The number of carbonyl (C=O) groups is 3. The van der Waals surface area contributed by atoms with Gasteiger partial charge < -0.3 is 5.11 Å². The molecule has 2 amide bonds. The van der Waals surface area contributed by atoms with Gasteiger partial charge in [0.25, 0.3) is 0 Å². The molecule has 5 nitrogen and oxygen atoms in total. The van der Waals surface area contributed by atoms with Crippen molar-refractivity contribution in [3.63, 3.8) is 0 Å². The standard InChI is InChI=1S/C13H17NO4/c1-8(6-7-11(15)16)14-12(17)9-4-2-3-5-10(9)13(14)18/h2-3,8-10H,4-7H2,1H3,(H,15,16). The molecular formula is C13H17NO4. The fourth-order valence-electron chi connectivity index (χ4n) is 2.72. The molecule has 5 heteroatoms. The van der Waals surface area contributed by atoms with E-state index >= 15 is 0 Å². The second-order valence-electron chi connectivity index (χ2n) is 4.98. The number of carbonyl (C=O) groups excluding carboxylic acids is 2. The Kier molecular flexibility index (Phi) is 3.50. The molecule has 1 N–H and O–H groups in total. The number of hydrogen-bond acceptors (Lipinski definition) is 3. The van der Waals surface area contributed by atoms with Crippen molar-refractivity contribution in [2.24, 2.45) is 11.8 Å². The lowest BCUT2D eigenvalue weighted by atomic mass is 9.85. The predicted octanol–water partition coefficient (Wildman–Crippen LogP) is 1.19. The summed E-state index contributed by atoms with van der Waals surface area (Å²) in [7, 11) is 0. The van der Waals surface area contributed by atoms with E-state index in [9.17, 15) is 14.4 Å². The second-order valence-corrected chi connectivity index (χ2v) is 4.98. The fourth-order valence-corrected chi connectivity index (χ4v) is 2.72. The van der Waals surface area contributed by atoms with Gasteiger partial charge in [0.1, 0.15) is 0 Å². The van der Waals surface area contributed by atoms with Crippen LogP contribution >= 0.6 is 0 Å². The maximum atomic E-state index is 12.2. The summed E-state index contributed by atoms with van der Waals surface area (Å²) in [6.45, 7) is 1.74. The van der Waals surface area contributed by atoms with Crippen LogP contribution in [0.5, 0.6) is 0 Å². The van der Waals surface area contributed by atoms with E-state index < -0.39 is 5.97 Å². The first-order valence-electron chi connectivity index (χ1n) is 6.26. The second kappa shape index (κ2) is 4.92. The molecule has 0 aromatic rings. The third-order valence-corrected chi connectivity index (χ3v) is 3.76. The van der Waals surface area contributed by atoms with Gasteiger partial charge in [0, 0.05) is 12.5 Å². The lowest BCUT2D eigenvalue weighted by Gasteiger charge is -2.22. The molecular weight excluding hydrogens is 234 g/mol. The molecule has 0 aromatic heterocycles.